The smallest absolute Gasteiger partial charge is 0.233 e. The second-order valence-corrected chi connectivity index (χ2v) is 8.01. The second-order valence-electron chi connectivity index (χ2n) is 5.76. The maximum absolute atomic E-state index is 12.5. The molecule has 6 nitrogen and oxygen atoms in total. The summed E-state index contributed by atoms with van der Waals surface area (Å²) >= 11 is 3.34. The summed E-state index contributed by atoms with van der Waals surface area (Å²) in [6, 6.07) is 8.55. The molecular formula is C16H21N5OS2. The fourth-order valence-corrected chi connectivity index (χ4v) is 4.86. The second kappa shape index (κ2) is 8.02. The Kier molecular flexibility index (Phi) is 5.78. The number of benzene rings is 1. The largest absolute Gasteiger partial charge is 0.341 e. The van der Waals surface area contributed by atoms with Gasteiger partial charge in [0.1, 0.15) is 0 Å². The van der Waals surface area contributed by atoms with Gasteiger partial charge in [-0.2, -0.15) is 11.8 Å². The lowest BCUT2D eigenvalue weighted by molar-refractivity contribution is -0.128. The highest BCUT2D eigenvalue weighted by Gasteiger charge is 2.23. The number of aryl methyl sites for hydroxylation is 2. The number of hydrogen-bond donors (Lipinski definition) is 0. The first-order valence-electron chi connectivity index (χ1n) is 7.95. The van der Waals surface area contributed by atoms with E-state index in [1.807, 2.05) is 16.7 Å². The maximum Gasteiger partial charge on any atom is 0.233 e. The van der Waals surface area contributed by atoms with E-state index in [1.165, 1.54) is 22.9 Å². The quantitative estimate of drug-likeness (QED) is 0.777. The van der Waals surface area contributed by atoms with Gasteiger partial charge in [0.15, 0.2) is 0 Å². The molecule has 2 heterocycles. The third-order valence-corrected chi connectivity index (χ3v) is 6.44. The van der Waals surface area contributed by atoms with Gasteiger partial charge in [0.05, 0.1) is 5.75 Å². The van der Waals surface area contributed by atoms with Crippen molar-refractivity contribution in [3.8, 4) is 0 Å². The lowest BCUT2D eigenvalue weighted by atomic mass is 10.0. The molecule has 0 radical (unpaired) electrons. The van der Waals surface area contributed by atoms with Crippen LogP contribution in [0.15, 0.2) is 29.4 Å². The zero-order valence-electron chi connectivity index (χ0n) is 13.9. The van der Waals surface area contributed by atoms with E-state index in [0.29, 0.717) is 16.2 Å². The molecule has 8 heteroatoms. The molecule has 0 aliphatic carbocycles. The highest BCUT2D eigenvalue weighted by atomic mass is 32.2. The van der Waals surface area contributed by atoms with E-state index in [-0.39, 0.29) is 5.91 Å². The monoisotopic (exact) mass is 363 g/mol. The summed E-state index contributed by atoms with van der Waals surface area (Å²) in [4.78, 5) is 14.5. The number of thioether (sulfide) groups is 2. The van der Waals surface area contributed by atoms with E-state index in [0.717, 1.165) is 25.3 Å². The van der Waals surface area contributed by atoms with Crippen molar-refractivity contribution in [2.24, 2.45) is 7.05 Å². The normalized spacial score (nSPS) is 18.4. The first kappa shape index (κ1) is 17.3. The molecule has 2 aromatic rings. The van der Waals surface area contributed by atoms with Crippen LogP contribution in [0.25, 0.3) is 0 Å². The topological polar surface area (TPSA) is 63.9 Å². The van der Waals surface area contributed by atoms with Crippen LogP contribution in [-0.2, 0) is 11.8 Å². The van der Waals surface area contributed by atoms with Crippen LogP contribution in [-0.4, -0.2) is 55.6 Å². The van der Waals surface area contributed by atoms with Crippen LogP contribution in [0.4, 0.5) is 0 Å². The van der Waals surface area contributed by atoms with Gasteiger partial charge in [-0.25, -0.2) is 4.68 Å². The number of hydrogen-bond acceptors (Lipinski definition) is 6. The van der Waals surface area contributed by atoms with Crippen molar-refractivity contribution >= 4 is 29.4 Å². The Morgan fingerprint density at radius 1 is 1.38 bits per heavy atom. The molecule has 1 atom stereocenters. The predicted octanol–water partition coefficient (Wildman–Crippen LogP) is 2.32. The number of tetrazole rings is 1. The van der Waals surface area contributed by atoms with E-state index in [2.05, 4.69) is 46.7 Å². The van der Waals surface area contributed by atoms with Gasteiger partial charge < -0.3 is 4.90 Å². The van der Waals surface area contributed by atoms with Crippen LogP contribution in [0.5, 0.6) is 0 Å². The molecule has 1 aromatic carbocycles. The summed E-state index contributed by atoms with van der Waals surface area (Å²) in [6.45, 7) is 3.78. The molecule has 1 aliphatic rings. The average Bonchev–Trinajstić information content (AvgIpc) is 2.84. The van der Waals surface area contributed by atoms with E-state index in [1.54, 1.807) is 11.7 Å². The number of nitrogens with zero attached hydrogens (tertiary/aromatic N) is 5. The minimum atomic E-state index is 0.161. The molecule has 1 aliphatic heterocycles. The first-order valence-corrected chi connectivity index (χ1v) is 9.98. The van der Waals surface area contributed by atoms with Crippen molar-refractivity contribution in [1.82, 2.24) is 25.1 Å². The molecule has 0 N–H and O–H groups in total. The van der Waals surface area contributed by atoms with Gasteiger partial charge >= 0.3 is 0 Å². The molecular weight excluding hydrogens is 342 g/mol. The molecule has 0 bridgehead atoms. The van der Waals surface area contributed by atoms with Crippen LogP contribution in [0, 0.1) is 6.92 Å². The van der Waals surface area contributed by atoms with Gasteiger partial charge in [0.2, 0.25) is 11.1 Å². The minimum Gasteiger partial charge on any atom is -0.341 e. The van der Waals surface area contributed by atoms with Gasteiger partial charge in [-0.1, -0.05) is 36.0 Å². The fourth-order valence-electron chi connectivity index (χ4n) is 2.78. The SMILES string of the molecule is Cc1ccccc1C1CCN(C(=O)CSc2nnnn2C)CCS1. The summed E-state index contributed by atoms with van der Waals surface area (Å²) in [5.74, 6) is 1.52. The molecule has 1 saturated heterocycles. The van der Waals surface area contributed by atoms with E-state index >= 15 is 0 Å². The Hall–Kier alpha value is -1.54. The molecule has 0 saturated carbocycles. The Labute approximate surface area is 150 Å². The zero-order valence-corrected chi connectivity index (χ0v) is 15.5. The van der Waals surface area contributed by atoms with Gasteiger partial charge in [-0.15, -0.1) is 5.10 Å². The Bertz CT molecular complexity index is 705. The summed E-state index contributed by atoms with van der Waals surface area (Å²) in [5.41, 5.74) is 2.73. The third kappa shape index (κ3) is 4.10. The molecule has 1 aromatic heterocycles. The van der Waals surface area contributed by atoms with Crippen LogP contribution in [0.2, 0.25) is 0 Å². The average molecular weight is 364 g/mol. The molecule has 1 fully saturated rings. The van der Waals surface area contributed by atoms with Crippen molar-refractivity contribution in [3.05, 3.63) is 35.4 Å². The number of carbonyl (C=O) groups excluding carboxylic acids is 1. The lowest BCUT2D eigenvalue weighted by Crippen LogP contribution is -2.34. The first-order chi connectivity index (χ1) is 11.6. The summed E-state index contributed by atoms with van der Waals surface area (Å²) < 4.78 is 1.59. The summed E-state index contributed by atoms with van der Waals surface area (Å²) in [5, 5.41) is 12.4. The summed E-state index contributed by atoms with van der Waals surface area (Å²) in [7, 11) is 1.78. The van der Waals surface area contributed by atoms with Crippen LogP contribution in [0.3, 0.4) is 0 Å². The highest BCUT2D eigenvalue weighted by Crippen LogP contribution is 2.36. The number of amides is 1. The molecule has 3 rings (SSSR count). The van der Waals surface area contributed by atoms with Crippen LogP contribution >= 0.6 is 23.5 Å². The Morgan fingerprint density at radius 2 is 2.21 bits per heavy atom. The third-order valence-electron chi connectivity index (χ3n) is 4.14. The molecule has 1 unspecified atom stereocenters. The lowest BCUT2D eigenvalue weighted by Gasteiger charge is -2.20. The van der Waals surface area contributed by atoms with E-state index < -0.39 is 0 Å². The van der Waals surface area contributed by atoms with Crippen molar-refractivity contribution in [1.29, 1.82) is 0 Å². The fraction of sp³-hybridized carbons (Fsp3) is 0.500. The van der Waals surface area contributed by atoms with Gasteiger partial charge in [-0.05, 0) is 34.9 Å². The highest BCUT2D eigenvalue weighted by molar-refractivity contribution is 8.00. The zero-order chi connectivity index (χ0) is 16.9. The standard InChI is InChI=1S/C16H21N5OS2/c1-12-5-3-4-6-13(12)14-7-8-21(9-10-23-14)15(22)11-24-16-17-18-19-20(16)2/h3-6,14H,7-11H2,1-2H3. The maximum atomic E-state index is 12.5. The molecule has 128 valence electrons. The number of carbonyl (C=O) groups is 1. The Balaban J connectivity index is 1.56. The molecule has 0 spiro atoms. The Morgan fingerprint density at radius 3 is 2.96 bits per heavy atom. The van der Waals surface area contributed by atoms with Crippen molar-refractivity contribution < 1.29 is 4.79 Å². The van der Waals surface area contributed by atoms with Crippen molar-refractivity contribution in [2.75, 3.05) is 24.6 Å². The van der Waals surface area contributed by atoms with Crippen molar-refractivity contribution in [2.45, 2.75) is 23.8 Å². The molecule has 24 heavy (non-hydrogen) atoms. The number of rotatable bonds is 4. The van der Waals surface area contributed by atoms with Crippen LogP contribution < -0.4 is 0 Å². The molecule has 1 amide bonds. The van der Waals surface area contributed by atoms with Crippen molar-refractivity contribution in [3.63, 3.8) is 0 Å². The predicted molar refractivity (Wildman–Crippen MR) is 97.1 cm³/mol. The minimum absolute atomic E-state index is 0.161. The summed E-state index contributed by atoms with van der Waals surface area (Å²) in [6.07, 6.45) is 0.997. The van der Waals surface area contributed by atoms with Gasteiger partial charge in [0.25, 0.3) is 0 Å². The van der Waals surface area contributed by atoms with Gasteiger partial charge in [0, 0.05) is 31.1 Å². The van der Waals surface area contributed by atoms with Gasteiger partial charge in [-0.3, -0.25) is 4.79 Å². The van der Waals surface area contributed by atoms with E-state index in [9.17, 15) is 4.79 Å². The van der Waals surface area contributed by atoms with E-state index in [4.69, 9.17) is 0 Å². The number of aromatic nitrogens is 4. The van der Waals surface area contributed by atoms with Crippen LogP contribution in [0.1, 0.15) is 22.8 Å².